The van der Waals surface area contributed by atoms with E-state index in [2.05, 4.69) is 15.0 Å². The van der Waals surface area contributed by atoms with E-state index in [1.54, 1.807) is 0 Å². The predicted molar refractivity (Wildman–Crippen MR) is 109 cm³/mol. The Bertz CT molecular complexity index is 1170. The zero-order valence-corrected chi connectivity index (χ0v) is 17.6. The summed E-state index contributed by atoms with van der Waals surface area (Å²) < 4.78 is 82.3. The first-order valence-electron chi connectivity index (χ1n) is 10.3. The Labute approximate surface area is 190 Å². The Morgan fingerprint density at radius 1 is 1.06 bits per heavy atom. The van der Waals surface area contributed by atoms with Gasteiger partial charge in [-0.3, -0.25) is 9.78 Å². The number of amides is 1. The molecule has 34 heavy (non-hydrogen) atoms. The SMILES string of the molecule is O=C(c1c(F)cccc1-c1ncccn1)N1CCC(F)(F)[C@H]1CCc1ccc(C(F)(F)F)cn1. The van der Waals surface area contributed by atoms with Crippen molar-refractivity contribution >= 4 is 5.91 Å². The van der Waals surface area contributed by atoms with Gasteiger partial charge in [0.1, 0.15) is 5.82 Å². The van der Waals surface area contributed by atoms with Crippen LogP contribution < -0.4 is 0 Å². The zero-order valence-electron chi connectivity index (χ0n) is 17.6. The number of benzene rings is 1. The van der Waals surface area contributed by atoms with Gasteiger partial charge in [0.15, 0.2) is 5.82 Å². The van der Waals surface area contributed by atoms with Crippen LogP contribution in [0.4, 0.5) is 26.3 Å². The standard InChI is InChI=1S/C23H18F6N4O/c24-17-4-1-3-16(20-30-10-2-11-31-20)19(17)21(34)33-12-9-22(25,26)18(33)8-7-15-6-5-14(13-32-15)23(27,28)29/h1-6,10-11,13,18H,7-9,12H2/t18-/m1/s1. The number of likely N-dealkylation sites (tertiary alicyclic amines) is 1. The fourth-order valence-corrected chi connectivity index (χ4v) is 3.96. The van der Waals surface area contributed by atoms with E-state index in [9.17, 15) is 31.1 Å². The van der Waals surface area contributed by atoms with Gasteiger partial charge in [0.25, 0.3) is 11.8 Å². The molecule has 2 aromatic heterocycles. The molecule has 0 bridgehead atoms. The second-order valence-corrected chi connectivity index (χ2v) is 7.83. The minimum absolute atomic E-state index is 0.0711. The van der Waals surface area contributed by atoms with E-state index in [-0.39, 0.29) is 36.5 Å². The van der Waals surface area contributed by atoms with Crippen LogP contribution in [-0.4, -0.2) is 44.3 Å². The van der Waals surface area contributed by atoms with Crippen molar-refractivity contribution in [1.82, 2.24) is 19.9 Å². The van der Waals surface area contributed by atoms with Crippen molar-refractivity contribution in [3.05, 3.63) is 77.6 Å². The van der Waals surface area contributed by atoms with E-state index in [4.69, 9.17) is 0 Å². The van der Waals surface area contributed by atoms with Crippen LogP contribution in [-0.2, 0) is 12.6 Å². The molecule has 3 aromatic rings. The molecule has 0 saturated carbocycles. The Morgan fingerprint density at radius 2 is 1.79 bits per heavy atom. The van der Waals surface area contributed by atoms with Gasteiger partial charge in [0.2, 0.25) is 0 Å². The average Bonchev–Trinajstić information content (AvgIpc) is 3.11. The highest BCUT2D eigenvalue weighted by Crippen LogP contribution is 2.38. The lowest BCUT2D eigenvalue weighted by Crippen LogP contribution is -2.43. The number of hydrogen-bond donors (Lipinski definition) is 0. The summed E-state index contributed by atoms with van der Waals surface area (Å²) in [6.07, 6.45) is -2.08. The summed E-state index contributed by atoms with van der Waals surface area (Å²) in [5.41, 5.74) is -1.12. The van der Waals surface area contributed by atoms with Crippen LogP contribution in [0.25, 0.3) is 11.4 Å². The van der Waals surface area contributed by atoms with Gasteiger partial charge >= 0.3 is 6.18 Å². The van der Waals surface area contributed by atoms with Crippen molar-refractivity contribution in [2.75, 3.05) is 6.54 Å². The maximum atomic E-state index is 14.8. The molecule has 0 N–H and O–H groups in total. The molecule has 4 rings (SSSR count). The molecule has 3 heterocycles. The molecule has 0 aliphatic carbocycles. The van der Waals surface area contributed by atoms with Crippen LogP contribution in [0.15, 0.2) is 55.0 Å². The van der Waals surface area contributed by atoms with Crippen LogP contribution in [0.1, 0.15) is 34.5 Å². The van der Waals surface area contributed by atoms with Gasteiger partial charge in [0, 0.05) is 42.8 Å². The Kier molecular flexibility index (Phi) is 6.28. The average molecular weight is 480 g/mol. The number of halogens is 6. The zero-order chi connectivity index (χ0) is 24.5. The van der Waals surface area contributed by atoms with Gasteiger partial charge in [-0.2, -0.15) is 13.2 Å². The van der Waals surface area contributed by atoms with Gasteiger partial charge in [-0.25, -0.2) is 23.1 Å². The van der Waals surface area contributed by atoms with E-state index in [0.29, 0.717) is 6.20 Å². The first-order valence-corrected chi connectivity index (χ1v) is 10.3. The highest BCUT2D eigenvalue weighted by Gasteiger charge is 2.50. The Morgan fingerprint density at radius 3 is 2.44 bits per heavy atom. The van der Waals surface area contributed by atoms with Crippen molar-refractivity contribution in [2.45, 2.75) is 37.4 Å². The highest BCUT2D eigenvalue weighted by atomic mass is 19.4. The van der Waals surface area contributed by atoms with Crippen LogP contribution in [0.3, 0.4) is 0 Å². The van der Waals surface area contributed by atoms with Crippen LogP contribution in [0.5, 0.6) is 0 Å². The number of nitrogens with zero attached hydrogens (tertiary/aromatic N) is 4. The molecule has 178 valence electrons. The molecule has 1 fully saturated rings. The smallest absolute Gasteiger partial charge is 0.329 e. The summed E-state index contributed by atoms with van der Waals surface area (Å²) in [6, 6.07) is 5.75. The second kappa shape index (κ2) is 9.03. The van der Waals surface area contributed by atoms with Gasteiger partial charge in [-0.05, 0) is 37.1 Å². The topological polar surface area (TPSA) is 59.0 Å². The van der Waals surface area contributed by atoms with Crippen molar-refractivity contribution in [3.63, 3.8) is 0 Å². The third-order valence-corrected chi connectivity index (χ3v) is 5.67. The van der Waals surface area contributed by atoms with Crippen LogP contribution >= 0.6 is 0 Å². The normalized spacial score (nSPS) is 17.7. The third kappa shape index (κ3) is 4.73. The number of pyridine rings is 1. The summed E-state index contributed by atoms with van der Waals surface area (Å²) in [5, 5.41) is 0. The second-order valence-electron chi connectivity index (χ2n) is 7.83. The monoisotopic (exact) mass is 480 g/mol. The van der Waals surface area contributed by atoms with E-state index in [0.717, 1.165) is 23.1 Å². The molecule has 1 aliphatic rings. The van der Waals surface area contributed by atoms with E-state index in [1.165, 1.54) is 30.6 Å². The molecule has 1 atom stereocenters. The molecular weight excluding hydrogens is 462 g/mol. The quantitative estimate of drug-likeness (QED) is 0.473. The lowest BCUT2D eigenvalue weighted by molar-refractivity contribution is -0.137. The summed E-state index contributed by atoms with van der Waals surface area (Å²) in [5.74, 6) is -5.01. The van der Waals surface area contributed by atoms with Gasteiger partial charge < -0.3 is 4.90 Å². The summed E-state index contributed by atoms with van der Waals surface area (Å²) in [7, 11) is 0. The van der Waals surface area contributed by atoms with Gasteiger partial charge in [-0.15, -0.1) is 0 Å². The van der Waals surface area contributed by atoms with Crippen LogP contribution in [0.2, 0.25) is 0 Å². The Balaban J connectivity index is 1.59. The number of hydrogen-bond acceptors (Lipinski definition) is 4. The molecule has 1 aliphatic heterocycles. The first-order chi connectivity index (χ1) is 16.1. The molecule has 0 unspecified atom stereocenters. The third-order valence-electron chi connectivity index (χ3n) is 5.67. The molecular formula is C23H18F6N4O. The molecule has 11 heteroatoms. The summed E-state index contributed by atoms with van der Waals surface area (Å²) in [4.78, 5) is 25.9. The number of alkyl halides is 5. The van der Waals surface area contributed by atoms with Crippen molar-refractivity contribution in [3.8, 4) is 11.4 Å². The van der Waals surface area contributed by atoms with E-state index in [1.807, 2.05) is 0 Å². The van der Waals surface area contributed by atoms with Crippen molar-refractivity contribution < 1.29 is 31.1 Å². The number of carbonyl (C=O) groups is 1. The van der Waals surface area contributed by atoms with Gasteiger partial charge in [0.05, 0.1) is 17.2 Å². The highest BCUT2D eigenvalue weighted by molar-refractivity contribution is 6.00. The minimum Gasteiger partial charge on any atom is -0.329 e. The maximum Gasteiger partial charge on any atom is 0.417 e. The molecule has 1 aromatic carbocycles. The fraction of sp³-hybridized carbons (Fsp3) is 0.304. The first kappa shape index (κ1) is 23.7. The number of carbonyl (C=O) groups excluding carboxylic acids is 1. The molecule has 0 radical (unpaired) electrons. The fourth-order valence-electron chi connectivity index (χ4n) is 3.96. The molecule has 1 amide bonds. The molecule has 0 spiro atoms. The number of aryl methyl sites for hydroxylation is 1. The summed E-state index contributed by atoms with van der Waals surface area (Å²) >= 11 is 0. The molecule has 5 nitrogen and oxygen atoms in total. The van der Waals surface area contributed by atoms with Crippen molar-refractivity contribution in [2.24, 2.45) is 0 Å². The number of rotatable bonds is 5. The largest absolute Gasteiger partial charge is 0.417 e. The number of aromatic nitrogens is 3. The lowest BCUT2D eigenvalue weighted by Gasteiger charge is -2.28. The van der Waals surface area contributed by atoms with Gasteiger partial charge in [-0.1, -0.05) is 12.1 Å². The van der Waals surface area contributed by atoms with Crippen molar-refractivity contribution in [1.29, 1.82) is 0 Å². The van der Waals surface area contributed by atoms with Crippen LogP contribution in [0, 0.1) is 5.82 Å². The maximum absolute atomic E-state index is 14.8. The molecule has 1 saturated heterocycles. The Hall–Kier alpha value is -3.50. The summed E-state index contributed by atoms with van der Waals surface area (Å²) in [6.45, 7) is -0.305. The lowest BCUT2D eigenvalue weighted by atomic mass is 10.0. The predicted octanol–water partition coefficient (Wildman–Crippen LogP) is 5.18. The van der Waals surface area contributed by atoms with E-state index >= 15 is 0 Å². The minimum atomic E-state index is -4.56. The van der Waals surface area contributed by atoms with E-state index < -0.39 is 47.4 Å².